The number of nitrogens with zero attached hydrogens (tertiary/aromatic N) is 2. The number of nitrogens with one attached hydrogen (secondary N) is 1. The topological polar surface area (TPSA) is 58.2 Å². The van der Waals surface area contributed by atoms with Gasteiger partial charge in [0.2, 0.25) is 5.82 Å². The molecular formula is C20H19F4N3O2. The van der Waals surface area contributed by atoms with E-state index in [9.17, 15) is 22.4 Å². The minimum atomic E-state index is -4.62. The van der Waals surface area contributed by atoms with Gasteiger partial charge in [-0.15, -0.1) is 0 Å². The highest BCUT2D eigenvalue weighted by Crippen LogP contribution is 2.29. The van der Waals surface area contributed by atoms with Crippen molar-refractivity contribution in [2.24, 2.45) is 0 Å². The number of methoxy groups -OCH3 is 1. The number of ether oxygens (including phenoxy) is 1. The van der Waals surface area contributed by atoms with E-state index in [-0.39, 0.29) is 29.7 Å². The lowest BCUT2D eigenvalue weighted by atomic mass is 10.1. The Hall–Kier alpha value is -2.94. The summed E-state index contributed by atoms with van der Waals surface area (Å²) >= 11 is 0. The molecule has 1 N–H and O–H groups in total. The van der Waals surface area contributed by atoms with Gasteiger partial charge in [-0.2, -0.15) is 13.2 Å². The zero-order valence-electron chi connectivity index (χ0n) is 15.8. The summed E-state index contributed by atoms with van der Waals surface area (Å²) in [5.74, 6) is -2.04. The maximum atomic E-state index is 14.1. The lowest BCUT2D eigenvalue weighted by Crippen LogP contribution is -2.40. The molecule has 0 saturated carbocycles. The van der Waals surface area contributed by atoms with Gasteiger partial charge in [-0.1, -0.05) is 18.2 Å². The molecule has 0 radical (unpaired) electrons. The number of amides is 1. The predicted octanol–water partition coefficient (Wildman–Crippen LogP) is 4.40. The second kappa shape index (κ2) is 8.20. The van der Waals surface area contributed by atoms with Crippen molar-refractivity contribution in [2.45, 2.75) is 25.7 Å². The van der Waals surface area contributed by atoms with Crippen LogP contribution in [0.5, 0.6) is 0 Å². The van der Waals surface area contributed by atoms with E-state index >= 15 is 0 Å². The van der Waals surface area contributed by atoms with Gasteiger partial charge in [-0.25, -0.2) is 9.37 Å². The van der Waals surface area contributed by atoms with Gasteiger partial charge in [-0.05, 0) is 31.2 Å². The molecule has 1 aromatic heterocycles. The van der Waals surface area contributed by atoms with Gasteiger partial charge in [0, 0.05) is 24.8 Å². The van der Waals surface area contributed by atoms with E-state index in [0.717, 1.165) is 0 Å². The van der Waals surface area contributed by atoms with Gasteiger partial charge in [-0.3, -0.25) is 4.79 Å². The van der Waals surface area contributed by atoms with E-state index in [4.69, 9.17) is 4.74 Å². The minimum absolute atomic E-state index is 0.00908. The number of carbonyl (C=O) groups excluding carboxylic acids is 1. The third-order valence-corrected chi connectivity index (χ3v) is 4.50. The Morgan fingerprint density at radius 2 is 1.97 bits per heavy atom. The first-order valence-corrected chi connectivity index (χ1v) is 8.81. The molecule has 9 heteroatoms. The predicted molar refractivity (Wildman–Crippen MR) is 98.7 cm³/mol. The van der Waals surface area contributed by atoms with Crippen molar-refractivity contribution < 1.29 is 27.1 Å². The number of aromatic nitrogens is 2. The summed E-state index contributed by atoms with van der Waals surface area (Å²) in [6, 6.07) is 9.75. The fraction of sp³-hybridized carbons (Fsp3) is 0.300. The standard InChI is InChI=1S/C20H19F4N3O2/c1-12(11-29-2)27(10-14-5-3-4-6-15(14)21)18(28)13-7-8-16-17(9-13)26-19(25-16)20(22,23)24/h3-9,12H,10-11H2,1-2H3,(H,25,26)/t12-/m1/s1. The highest BCUT2D eigenvalue weighted by atomic mass is 19.4. The average molecular weight is 409 g/mol. The second-order valence-corrected chi connectivity index (χ2v) is 6.64. The summed E-state index contributed by atoms with van der Waals surface area (Å²) in [5.41, 5.74) is 0.674. The molecular weight excluding hydrogens is 390 g/mol. The first-order chi connectivity index (χ1) is 13.7. The monoisotopic (exact) mass is 409 g/mol. The van der Waals surface area contributed by atoms with E-state index in [1.165, 1.54) is 36.3 Å². The van der Waals surface area contributed by atoms with Crippen LogP contribution >= 0.6 is 0 Å². The van der Waals surface area contributed by atoms with Gasteiger partial charge in [0.15, 0.2) is 0 Å². The Morgan fingerprint density at radius 3 is 2.62 bits per heavy atom. The molecule has 154 valence electrons. The van der Waals surface area contributed by atoms with Gasteiger partial charge in [0.25, 0.3) is 5.91 Å². The Bertz CT molecular complexity index is 1020. The number of halogens is 4. The molecule has 0 saturated heterocycles. The summed E-state index contributed by atoms with van der Waals surface area (Å²) in [7, 11) is 1.48. The molecule has 29 heavy (non-hydrogen) atoms. The fourth-order valence-electron chi connectivity index (χ4n) is 3.01. The van der Waals surface area contributed by atoms with Gasteiger partial charge in [0.05, 0.1) is 23.7 Å². The third kappa shape index (κ3) is 4.56. The summed E-state index contributed by atoms with van der Waals surface area (Å²) in [5, 5.41) is 0. The van der Waals surface area contributed by atoms with E-state index in [0.29, 0.717) is 5.56 Å². The van der Waals surface area contributed by atoms with Crippen LogP contribution in [0.15, 0.2) is 42.5 Å². The van der Waals surface area contributed by atoms with E-state index in [2.05, 4.69) is 9.97 Å². The number of hydrogen-bond acceptors (Lipinski definition) is 3. The SMILES string of the molecule is COC[C@@H](C)N(Cc1ccccc1F)C(=O)c1ccc2nc(C(F)(F)F)[nH]c2c1. The summed E-state index contributed by atoms with van der Waals surface area (Å²) < 4.78 is 57.8. The van der Waals surface area contributed by atoms with Crippen molar-refractivity contribution in [3.05, 3.63) is 65.2 Å². The molecule has 0 aliphatic rings. The highest BCUT2D eigenvalue weighted by Gasteiger charge is 2.35. The Labute approximate surface area is 164 Å². The van der Waals surface area contributed by atoms with Crippen molar-refractivity contribution in [2.75, 3.05) is 13.7 Å². The van der Waals surface area contributed by atoms with Crippen molar-refractivity contribution in [1.82, 2.24) is 14.9 Å². The summed E-state index contributed by atoms with van der Waals surface area (Å²) in [6.45, 7) is 1.95. The van der Waals surface area contributed by atoms with E-state index < -0.39 is 29.8 Å². The molecule has 0 bridgehead atoms. The van der Waals surface area contributed by atoms with Crippen molar-refractivity contribution in [1.29, 1.82) is 0 Å². The average Bonchev–Trinajstić information content (AvgIpc) is 3.11. The maximum absolute atomic E-state index is 14.1. The first kappa shape index (κ1) is 20.8. The molecule has 0 fully saturated rings. The van der Waals surface area contributed by atoms with Crippen LogP contribution in [-0.4, -0.2) is 40.5 Å². The van der Waals surface area contributed by atoms with Crippen molar-refractivity contribution >= 4 is 16.9 Å². The third-order valence-electron chi connectivity index (χ3n) is 4.50. The lowest BCUT2D eigenvalue weighted by molar-refractivity contribution is -0.144. The quantitative estimate of drug-likeness (QED) is 0.614. The molecule has 0 aliphatic heterocycles. The Balaban J connectivity index is 1.95. The van der Waals surface area contributed by atoms with Crippen LogP contribution in [0.25, 0.3) is 11.0 Å². The molecule has 5 nitrogen and oxygen atoms in total. The van der Waals surface area contributed by atoms with E-state index in [1.807, 2.05) is 0 Å². The lowest BCUT2D eigenvalue weighted by Gasteiger charge is -2.29. The smallest absolute Gasteiger partial charge is 0.383 e. The summed E-state index contributed by atoms with van der Waals surface area (Å²) in [6.07, 6.45) is -4.62. The largest absolute Gasteiger partial charge is 0.449 e. The van der Waals surface area contributed by atoms with Crippen molar-refractivity contribution in [3.8, 4) is 0 Å². The molecule has 0 aliphatic carbocycles. The Morgan fingerprint density at radius 1 is 1.24 bits per heavy atom. The molecule has 1 atom stereocenters. The van der Waals surface area contributed by atoms with Gasteiger partial charge < -0.3 is 14.6 Å². The summed E-state index contributed by atoms with van der Waals surface area (Å²) in [4.78, 5) is 20.2. The molecule has 1 amide bonds. The first-order valence-electron chi connectivity index (χ1n) is 8.81. The zero-order valence-corrected chi connectivity index (χ0v) is 15.8. The van der Waals surface area contributed by atoms with Crippen LogP contribution in [0.4, 0.5) is 17.6 Å². The normalized spacial score (nSPS) is 12.9. The van der Waals surface area contributed by atoms with Crippen LogP contribution in [-0.2, 0) is 17.5 Å². The molecule has 0 unspecified atom stereocenters. The number of imidazole rings is 1. The van der Waals surface area contributed by atoms with Crippen LogP contribution in [0.3, 0.4) is 0 Å². The number of fused-ring (bicyclic) bond motifs is 1. The van der Waals surface area contributed by atoms with Crippen LogP contribution in [0.2, 0.25) is 0 Å². The zero-order chi connectivity index (χ0) is 21.2. The van der Waals surface area contributed by atoms with Crippen LogP contribution in [0.1, 0.15) is 28.7 Å². The number of rotatable bonds is 6. The molecule has 0 spiro atoms. The number of carbonyl (C=O) groups is 1. The molecule has 3 aromatic rings. The number of hydrogen-bond donors (Lipinski definition) is 1. The Kier molecular flexibility index (Phi) is 5.88. The van der Waals surface area contributed by atoms with Crippen molar-refractivity contribution in [3.63, 3.8) is 0 Å². The molecule has 3 rings (SSSR count). The number of aromatic amines is 1. The van der Waals surface area contributed by atoms with E-state index in [1.54, 1.807) is 25.1 Å². The van der Waals surface area contributed by atoms with Gasteiger partial charge in [0.1, 0.15) is 5.82 Å². The van der Waals surface area contributed by atoms with Crippen LogP contribution in [0, 0.1) is 5.82 Å². The van der Waals surface area contributed by atoms with Crippen LogP contribution < -0.4 is 0 Å². The molecule has 1 heterocycles. The maximum Gasteiger partial charge on any atom is 0.449 e. The number of alkyl halides is 3. The number of benzene rings is 2. The van der Waals surface area contributed by atoms with Gasteiger partial charge >= 0.3 is 6.18 Å². The molecule has 2 aromatic carbocycles. The minimum Gasteiger partial charge on any atom is -0.383 e. The fourth-order valence-corrected chi connectivity index (χ4v) is 3.01. The number of H-pyrrole nitrogens is 1. The second-order valence-electron chi connectivity index (χ2n) is 6.64. The highest BCUT2D eigenvalue weighted by molar-refractivity contribution is 5.97.